The summed E-state index contributed by atoms with van der Waals surface area (Å²) >= 11 is 0. The number of halogens is 5. The molecule has 1 aliphatic rings. The minimum Gasteiger partial charge on any atom is -0.297 e. The molecule has 0 aliphatic carbocycles. The standard InChI is InChI=1S/C12H13F5N2/c13-11(14)3-5-19(6-4-11)8-10-2-1-9(7-18-10)12(15,16)17/h1-2,7H,3-6,8H2. The van der Waals surface area contributed by atoms with E-state index in [2.05, 4.69) is 4.98 Å². The van der Waals surface area contributed by atoms with Gasteiger partial charge in [0.1, 0.15) is 0 Å². The number of hydrogen-bond acceptors (Lipinski definition) is 2. The van der Waals surface area contributed by atoms with Crippen molar-refractivity contribution in [3.8, 4) is 0 Å². The summed E-state index contributed by atoms with van der Waals surface area (Å²) < 4.78 is 62.9. The van der Waals surface area contributed by atoms with Gasteiger partial charge < -0.3 is 0 Å². The molecule has 1 fully saturated rings. The van der Waals surface area contributed by atoms with E-state index in [4.69, 9.17) is 0 Å². The second-order valence-corrected chi connectivity index (χ2v) is 4.67. The molecule has 0 unspecified atom stereocenters. The van der Waals surface area contributed by atoms with Gasteiger partial charge in [-0.2, -0.15) is 13.2 Å². The zero-order valence-electron chi connectivity index (χ0n) is 10.1. The van der Waals surface area contributed by atoms with Crippen molar-refractivity contribution in [2.24, 2.45) is 0 Å². The molecule has 1 aliphatic heterocycles. The van der Waals surface area contributed by atoms with Crippen molar-refractivity contribution in [2.75, 3.05) is 13.1 Å². The lowest BCUT2D eigenvalue weighted by molar-refractivity contribution is -0.137. The molecular formula is C12H13F5N2. The van der Waals surface area contributed by atoms with Crippen LogP contribution in [0, 0.1) is 0 Å². The smallest absolute Gasteiger partial charge is 0.297 e. The third-order valence-electron chi connectivity index (χ3n) is 3.13. The molecule has 7 heteroatoms. The highest BCUT2D eigenvalue weighted by molar-refractivity contribution is 5.16. The van der Waals surface area contributed by atoms with Gasteiger partial charge in [0.2, 0.25) is 0 Å². The predicted octanol–water partition coefficient (Wildman–Crippen LogP) is 3.33. The summed E-state index contributed by atoms with van der Waals surface area (Å²) in [6.07, 6.45) is -4.06. The summed E-state index contributed by atoms with van der Waals surface area (Å²) in [4.78, 5) is 5.50. The Labute approximate surface area is 107 Å². The quantitative estimate of drug-likeness (QED) is 0.772. The SMILES string of the molecule is FC1(F)CCN(Cc2ccc(C(F)(F)F)cn2)CC1. The first-order valence-electron chi connectivity index (χ1n) is 5.89. The molecule has 106 valence electrons. The van der Waals surface area contributed by atoms with Crippen molar-refractivity contribution >= 4 is 0 Å². The van der Waals surface area contributed by atoms with E-state index >= 15 is 0 Å². The Bertz CT molecular complexity index is 417. The van der Waals surface area contributed by atoms with Gasteiger partial charge in [0.05, 0.1) is 11.3 Å². The van der Waals surface area contributed by atoms with Crippen molar-refractivity contribution in [3.63, 3.8) is 0 Å². The van der Waals surface area contributed by atoms with Crippen molar-refractivity contribution in [1.29, 1.82) is 0 Å². The Balaban J connectivity index is 1.94. The molecular weight excluding hydrogens is 267 g/mol. The molecule has 1 aromatic rings. The minimum absolute atomic E-state index is 0.215. The highest BCUT2D eigenvalue weighted by atomic mass is 19.4. The number of rotatable bonds is 2. The summed E-state index contributed by atoms with van der Waals surface area (Å²) in [5, 5.41) is 0. The average molecular weight is 280 g/mol. The van der Waals surface area contributed by atoms with E-state index in [1.807, 2.05) is 0 Å². The number of piperidine rings is 1. The molecule has 0 atom stereocenters. The molecule has 0 bridgehead atoms. The van der Waals surface area contributed by atoms with E-state index in [9.17, 15) is 22.0 Å². The fourth-order valence-corrected chi connectivity index (χ4v) is 1.95. The lowest BCUT2D eigenvalue weighted by Gasteiger charge is -2.31. The molecule has 1 aromatic heterocycles. The molecule has 2 heterocycles. The van der Waals surface area contributed by atoms with Crippen LogP contribution in [0.3, 0.4) is 0 Å². The van der Waals surface area contributed by atoms with Crippen LogP contribution in [0.5, 0.6) is 0 Å². The second kappa shape index (κ2) is 5.03. The molecule has 0 saturated carbocycles. The highest BCUT2D eigenvalue weighted by Crippen LogP contribution is 2.30. The van der Waals surface area contributed by atoms with Crippen LogP contribution in [0.2, 0.25) is 0 Å². The molecule has 2 rings (SSSR count). The average Bonchev–Trinajstić information content (AvgIpc) is 2.31. The Morgan fingerprint density at radius 3 is 2.26 bits per heavy atom. The molecule has 19 heavy (non-hydrogen) atoms. The lowest BCUT2D eigenvalue weighted by atomic mass is 10.1. The van der Waals surface area contributed by atoms with Gasteiger partial charge in [-0.1, -0.05) is 0 Å². The lowest BCUT2D eigenvalue weighted by Crippen LogP contribution is -2.38. The number of alkyl halides is 5. The number of aromatic nitrogens is 1. The van der Waals surface area contributed by atoms with Gasteiger partial charge in [-0.15, -0.1) is 0 Å². The zero-order chi connectivity index (χ0) is 14.1. The van der Waals surface area contributed by atoms with Gasteiger partial charge in [0, 0.05) is 38.7 Å². The van der Waals surface area contributed by atoms with Gasteiger partial charge in [-0.3, -0.25) is 9.88 Å². The number of hydrogen-bond donors (Lipinski definition) is 0. The van der Waals surface area contributed by atoms with Gasteiger partial charge in [-0.05, 0) is 12.1 Å². The van der Waals surface area contributed by atoms with Crippen molar-refractivity contribution in [1.82, 2.24) is 9.88 Å². The Kier molecular flexibility index (Phi) is 3.75. The van der Waals surface area contributed by atoms with Crippen LogP contribution >= 0.6 is 0 Å². The van der Waals surface area contributed by atoms with E-state index in [-0.39, 0.29) is 25.9 Å². The number of pyridine rings is 1. The summed E-state index contributed by atoms with van der Waals surface area (Å²) in [6, 6.07) is 2.25. The molecule has 2 nitrogen and oxygen atoms in total. The monoisotopic (exact) mass is 280 g/mol. The van der Waals surface area contributed by atoms with Crippen LogP contribution in [0.1, 0.15) is 24.1 Å². The predicted molar refractivity (Wildman–Crippen MR) is 58.7 cm³/mol. The van der Waals surface area contributed by atoms with Crippen LogP contribution < -0.4 is 0 Å². The van der Waals surface area contributed by atoms with Crippen LogP contribution in [0.4, 0.5) is 22.0 Å². The first kappa shape index (κ1) is 14.2. The normalized spacial score (nSPS) is 20.5. The third-order valence-corrected chi connectivity index (χ3v) is 3.13. The molecule has 0 aromatic carbocycles. The van der Waals surface area contributed by atoms with E-state index in [0.717, 1.165) is 12.3 Å². The Morgan fingerprint density at radius 1 is 1.16 bits per heavy atom. The van der Waals surface area contributed by atoms with Crippen molar-refractivity contribution in [2.45, 2.75) is 31.5 Å². The Hall–Kier alpha value is -1.24. The maximum absolute atomic E-state index is 12.9. The van der Waals surface area contributed by atoms with Crippen molar-refractivity contribution in [3.05, 3.63) is 29.6 Å². The fourth-order valence-electron chi connectivity index (χ4n) is 1.95. The fraction of sp³-hybridized carbons (Fsp3) is 0.583. The zero-order valence-corrected chi connectivity index (χ0v) is 10.1. The maximum atomic E-state index is 12.9. The summed E-state index contributed by atoms with van der Waals surface area (Å²) in [5.41, 5.74) is -0.348. The largest absolute Gasteiger partial charge is 0.417 e. The van der Waals surface area contributed by atoms with E-state index in [1.54, 1.807) is 4.90 Å². The molecule has 0 spiro atoms. The summed E-state index contributed by atoms with van der Waals surface area (Å²) in [5.74, 6) is -2.62. The van der Waals surface area contributed by atoms with Crippen LogP contribution in [-0.4, -0.2) is 28.9 Å². The van der Waals surface area contributed by atoms with E-state index in [0.29, 0.717) is 12.2 Å². The highest BCUT2D eigenvalue weighted by Gasteiger charge is 2.34. The number of nitrogens with zero attached hydrogens (tertiary/aromatic N) is 2. The van der Waals surface area contributed by atoms with E-state index in [1.165, 1.54) is 6.07 Å². The molecule has 0 amide bonds. The second-order valence-electron chi connectivity index (χ2n) is 4.67. The van der Waals surface area contributed by atoms with Crippen LogP contribution in [0.15, 0.2) is 18.3 Å². The van der Waals surface area contributed by atoms with Crippen molar-refractivity contribution < 1.29 is 22.0 Å². The van der Waals surface area contributed by atoms with Gasteiger partial charge in [0.15, 0.2) is 0 Å². The number of likely N-dealkylation sites (tertiary alicyclic amines) is 1. The maximum Gasteiger partial charge on any atom is 0.417 e. The van der Waals surface area contributed by atoms with Gasteiger partial charge in [-0.25, -0.2) is 8.78 Å². The first-order chi connectivity index (χ1) is 8.76. The Morgan fingerprint density at radius 2 is 1.79 bits per heavy atom. The van der Waals surface area contributed by atoms with E-state index < -0.39 is 17.7 Å². The van der Waals surface area contributed by atoms with Crippen LogP contribution in [-0.2, 0) is 12.7 Å². The van der Waals surface area contributed by atoms with Crippen LogP contribution in [0.25, 0.3) is 0 Å². The summed E-state index contributed by atoms with van der Waals surface area (Å²) in [7, 11) is 0. The summed E-state index contributed by atoms with van der Waals surface area (Å²) in [6.45, 7) is 0.764. The minimum atomic E-state index is -4.40. The third kappa shape index (κ3) is 3.86. The topological polar surface area (TPSA) is 16.1 Å². The molecule has 0 N–H and O–H groups in total. The molecule has 0 radical (unpaired) electrons. The van der Waals surface area contributed by atoms with Gasteiger partial charge in [0.25, 0.3) is 5.92 Å². The van der Waals surface area contributed by atoms with Gasteiger partial charge >= 0.3 is 6.18 Å². The molecule has 1 saturated heterocycles. The first-order valence-corrected chi connectivity index (χ1v) is 5.89.